The molecule has 18 heavy (non-hydrogen) atoms. The van der Waals surface area contributed by atoms with E-state index in [-0.39, 0.29) is 11.6 Å². The number of anilines is 2. The van der Waals surface area contributed by atoms with E-state index < -0.39 is 0 Å². The van der Waals surface area contributed by atoms with Gasteiger partial charge in [0.1, 0.15) is 0 Å². The highest BCUT2D eigenvalue weighted by molar-refractivity contribution is 6.03. The van der Waals surface area contributed by atoms with Crippen LogP contribution < -0.4 is 16.6 Å². The Bertz CT molecular complexity index is 560. The first-order valence-electron chi connectivity index (χ1n) is 5.22. The Morgan fingerprint density at radius 1 is 1.39 bits per heavy atom. The van der Waals surface area contributed by atoms with Gasteiger partial charge in [0.15, 0.2) is 11.5 Å². The molecule has 0 fully saturated rings. The van der Waals surface area contributed by atoms with Gasteiger partial charge in [-0.1, -0.05) is 0 Å². The average Bonchev–Trinajstić information content (AvgIpc) is 2.68. The molecule has 8 nitrogen and oxygen atoms in total. The van der Waals surface area contributed by atoms with Gasteiger partial charge in [-0.05, 0) is 19.1 Å². The highest BCUT2D eigenvalue weighted by Gasteiger charge is 2.11. The standard InChI is InChI=1S/C10H13N7O/c1-6-8(5-17(2)16-6)12-10(18)7-3-4-9(13-11)15-14-7/h3-5H,11H2,1-2H3,(H,12,18)(H,13,15). The molecule has 8 heteroatoms. The van der Waals surface area contributed by atoms with Gasteiger partial charge in [-0.25, -0.2) is 5.84 Å². The fraction of sp³-hybridized carbons (Fsp3) is 0.200. The first kappa shape index (κ1) is 12.0. The Morgan fingerprint density at radius 2 is 2.17 bits per heavy atom. The molecule has 2 rings (SSSR count). The molecule has 0 aromatic carbocycles. The van der Waals surface area contributed by atoms with Crippen molar-refractivity contribution in [3.05, 3.63) is 29.7 Å². The zero-order chi connectivity index (χ0) is 13.1. The van der Waals surface area contributed by atoms with E-state index in [1.807, 2.05) is 6.92 Å². The molecule has 0 aliphatic heterocycles. The normalized spacial score (nSPS) is 10.2. The van der Waals surface area contributed by atoms with Crippen LogP contribution in [-0.2, 0) is 7.05 Å². The summed E-state index contributed by atoms with van der Waals surface area (Å²) in [5.74, 6) is 5.21. The summed E-state index contributed by atoms with van der Waals surface area (Å²) in [7, 11) is 1.78. The van der Waals surface area contributed by atoms with Crippen molar-refractivity contribution in [2.45, 2.75) is 6.92 Å². The molecule has 4 N–H and O–H groups in total. The number of amides is 1. The number of carbonyl (C=O) groups is 1. The first-order chi connectivity index (χ1) is 8.60. The number of carbonyl (C=O) groups excluding carboxylic acids is 1. The van der Waals surface area contributed by atoms with Gasteiger partial charge >= 0.3 is 0 Å². The van der Waals surface area contributed by atoms with Crippen molar-refractivity contribution < 1.29 is 4.79 Å². The van der Waals surface area contributed by atoms with Gasteiger partial charge in [0.25, 0.3) is 5.91 Å². The topological polar surface area (TPSA) is 111 Å². The Morgan fingerprint density at radius 3 is 2.67 bits per heavy atom. The fourth-order valence-electron chi connectivity index (χ4n) is 1.44. The molecule has 0 unspecified atom stereocenters. The minimum Gasteiger partial charge on any atom is -0.318 e. The van der Waals surface area contributed by atoms with Gasteiger partial charge < -0.3 is 10.7 Å². The van der Waals surface area contributed by atoms with E-state index in [0.29, 0.717) is 11.5 Å². The van der Waals surface area contributed by atoms with E-state index in [1.54, 1.807) is 24.0 Å². The molecule has 0 radical (unpaired) electrons. The van der Waals surface area contributed by atoms with Crippen molar-refractivity contribution >= 4 is 17.4 Å². The molecule has 0 atom stereocenters. The van der Waals surface area contributed by atoms with E-state index in [0.717, 1.165) is 5.69 Å². The Hall–Kier alpha value is -2.48. The van der Waals surface area contributed by atoms with Crippen LogP contribution in [0.3, 0.4) is 0 Å². The number of nitrogens with one attached hydrogen (secondary N) is 2. The predicted molar refractivity (Wildman–Crippen MR) is 65.7 cm³/mol. The molecule has 2 aromatic rings. The van der Waals surface area contributed by atoms with Crippen LogP contribution in [-0.4, -0.2) is 25.9 Å². The second-order valence-corrected chi connectivity index (χ2v) is 3.70. The minimum atomic E-state index is -0.345. The summed E-state index contributed by atoms with van der Waals surface area (Å²) < 4.78 is 1.62. The number of hydrazine groups is 1. The van der Waals surface area contributed by atoms with Crippen LogP contribution in [0.25, 0.3) is 0 Å². The summed E-state index contributed by atoms with van der Waals surface area (Å²) in [4.78, 5) is 11.9. The van der Waals surface area contributed by atoms with Crippen molar-refractivity contribution in [1.29, 1.82) is 0 Å². The maximum Gasteiger partial charge on any atom is 0.276 e. The summed E-state index contributed by atoms with van der Waals surface area (Å²) in [6.45, 7) is 1.81. The van der Waals surface area contributed by atoms with Crippen LogP contribution >= 0.6 is 0 Å². The molecule has 0 saturated carbocycles. The number of aromatic nitrogens is 4. The Labute approximate surface area is 103 Å². The monoisotopic (exact) mass is 247 g/mol. The summed E-state index contributed by atoms with van der Waals surface area (Å²) in [5.41, 5.74) is 3.92. The molecule has 0 aliphatic carbocycles. The summed E-state index contributed by atoms with van der Waals surface area (Å²) in [5, 5.41) is 14.3. The van der Waals surface area contributed by atoms with Gasteiger partial charge in [0, 0.05) is 13.2 Å². The molecule has 94 valence electrons. The maximum atomic E-state index is 11.9. The largest absolute Gasteiger partial charge is 0.318 e. The van der Waals surface area contributed by atoms with Gasteiger partial charge in [-0.3, -0.25) is 9.48 Å². The summed E-state index contributed by atoms with van der Waals surface area (Å²) >= 11 is 0. The number of aryl methyl sites for hydroxylation is 2. The average molecular weight is 247 g/mol. The predicted octanol–water partition coefficient (Wildman–Crippen LogP) is 0.0564. The lowest BCUT2D eigenvalue weighted by Crippen LogP contribution is -2.16. The van der Waals surface area contributed by atoms with Gasteiger partial charge in [-0.15, -0.1) is 10.2 Å². The fourth-order valence-corrected chi connectivity index (χ4v) is 1.44. The third-order valence-electron chi connectivity index (χ3n) is 2.31. The van der Waals surface area contributed by atoms with Crippen molar-refractivity contribution in [3.63, 3.8) is 0 Å². The first-order valence-corrected chi connectivity index (χ1v) is 5.22. The minimum absolute atomic E-state index is 0.206. The number of hydrogen-bond acceptors (Lipinski definition) is 6. The van der Waals surface area contributed by atoms with Crippen molar-refractivity contribution in [1.82, 2.24) is 20.0 Å². The molecule has 0 aliphatic rings. The summed E-state index contributed by atoms with van der Waals surface area (Å²) in [6.07, 6.45) is 1.72. The zero-order valence-corrected chi connectivity index (χ0v) is 10.0. The molecular weight excluding hydrogens is 234 g/mol. The maximum absolute atomic E-state index is 11.9. The molecule has 0 bridgehead atoms. The van der Waals surface area contributed by atoms with Gasteiger partial charge in [-0.2, -0.15) is 5.10 Å². The van der Waals surface area contributed by atoms with E-state index in [1.165, 1.54) is 6.07 Å². The second-order valence-electron chi connectivity index (χ2n) is 3.70. The Kier molecular flexibility index (Phi) is 3.20. The van der Waals surface area contributed by atoms with E-state index in [9.17, 15) is 4.79 Å². The third kappa shape index (κ3) is 2.43. The molecule has 2 aromatic heterocycles. The van der Waals surface area contributed by atoms with Crippen LogP contribution in [0.1, 0.15) is 16.2 Å². The smallest absolute Gasteiger partial charge is 0.276 e. The molecular formula is C10H13N7O. The number of nitrogen functional groups attached to an aromatic ring is 1. The van der Waals surface area contributed by atoms with E-state index in [2.05, 4.69) is 26.0 Å². The molecule has 2 heterocycles. The lowest BCUT2D eigenvalue weighted by atomic mass is 10.3. The zero-order valence-electron chi connectivity index (χ0n) is 10.0. The van der Waals surface area contributed by atoms with Crippen LogP contribution in [0.2, 0.25) is 0 Å². The van der Waals surface area contributed by atoms with Crippen LogP contribution in [0.15, 0.2) is 18.3 Å². The number of nitrogens with zero attached hydrogens (tertiary/aromatic N) is 4. The van der Waals surface area contributed by atoms with E-state index >= 15 is 0 Å². The SMILES string of the molecule is Cc1nn(C)cc1NC(=O)c1ccc(NN)nn1. The van der Waals surface area contributed by atoms with Crippen LogP contribution in [0, 0.1) is 6.92 Å². The van der Waals surface area contributed by atoms with E-state index in [4.69, 9.17) is 5.84 Å². The van der Waals surface area contributed by atoms with Crippen molar-refractivity contribution in [2.24, 2.45) is 12.9 Å². The molecule has 1 amide bonds. The Balaban J connectivity index is 2.14. The van der Waals surface area contributed by atoms with Gasteiger partial charge in [0.2, 0.25) is 0 Å². The highest BCUT2D eigenvalue weighted by Crippen LogP contribution is 2.12. The van der Waals surface area contributed by atoms with Crippen molar-refractivity contribution in [2.75, 3.05) is 10.7 Å². The summed E-state index contributed by atoms with van der Waals surface area (Å²) in [6, 6.07) is 3.10. The number of hydrogen-bond donors (Lipinski definition) is 3. The van der Waals surface area contributed by atoms with Gasteiger partial charge in [0.05, 0.1) is 11.4 Å². The van der Waals surface area contributed by atoms with Crippen molar-refractivity contribution in [3.8, 4) is 0 Å². The molecule has 0 spiro atoms. The third-order valence-corrected chi connectivity index (χ3v) is 2.31. The second kappa shape index (κ2) is 4.80. The van der Waals surface area contributed by atoms with Crippen LogP contribution in [0.5, 0.6) is 0 Å². The molecule has 0 saturated heterocycles. The lowest BCUT2D eigenvalue weighted by Gasteiger charge is -2.03. The quantitative estimate of drug-likeness (QED) is 0.522. The van der Waals surface area contributed by atoms with Crippen LogP contribution in [0.4, 0.5) is 11.5 Å². The number of nitrogens with two attached hydrogens (primary N) is 1. The number of rotatable bonds is 3. The highest BCUT2D eigenvalue weighted by atomic mass is 16.1. The lowest BCUT2D eigenvalue weighted by molar-refractivity contribution is 0.102.